The van der Waals surface area contributed by atoms with Gasteiger partial charge in [0, 0.05) is 32.7 Å². The third kappa shape index (κ3) is 6.48. The highest BCUT2D eigenvalue weighted by Crippen LogP contribution is 2.20. The Labute approximate surface area is 176 Å². The molecule has 0 aromatic heterocycles. The summed E-state index contributed by atoms with van der Waals surface area (Å²) in [7, 11) is 0. The number of carbonyl (C=O) groups is 2. The summed E-state index contributed by atoms with van der Waals surface area (Å²) < 4.78 is 0. The van der Waals surface area contributed by atoms with Crippen LogP contribution in [0.4, 0.5) is 5.69 Å². The normalized spacial score (nSPS) is 22.5. The van der Waals surface area contributed by atoms with E-state index in [1.54, 1.807) is 17.0 Å². The minimum absolute atomic E-state index is 0. The largest absolute Gasteiger partial charge is 0.392 e. The summed E-state index contributed by atoms with van der Waals surface area (Å²) in [5.41, 5.74) is 0.605. The Balaban J connectivity index is 0.00000182. The third-order valence-electron chi connectivity index (χ3n) is 4.60. The highest BCUT2D eigenvalue weighted by atomic mass is 35.5. The van der Waals surface area contributed by atoms with Crippen molar-refractivity contribution in [3.8, 4) is 0 Å². The van der Waals surface area contributed by atoms with E-state index in [-0.39, 0.29) is 49.2 Å². The molecule has 0 radical (unpaired) electrons. The van der Waals surface area contributed by atoms with Crippen molar-refractivity contribution in [3.05, 3.63) is 29.3 Å². The van der Waals surface area contributed by atoms with Crippen molar-refractivity contribution in [3.63, 3.8) is 0 Å². The van der Waals surface area contributed by atoms with E-state index in [0.717, 1.165) is 0 Å². The monoisotopic (exact) mass is 438 g/mol. The van der Waals surface area contributed by atoms with E-state index in [4.69, 9.17) is 11.6 Å². The number of carbonyl (C=O) groups excluding carboxylic acids is 2. The molecule has 2 unspecified atom stereocenters. The van der Waals surface area contributed by atoms with Gasteiger partial charge in [-0.2, -0.15) is 0 Å². The van der Waals surface area contributed by atoms with Gasteiger partial charge in [-0.05, 0) is 18.6 Å². The molecule has 0 aliphatic carbocycles. The number of anilines is 1. The molecule has 3 rings (SSSR count). The van der Waals surface area contributed by atoms with E-state index in [1.807, 2.05) is 17.0 Å². The number of hydrogen-bond acceptors (Lipinski definition) is 5. The molecule has 3 N–H and O–H groups in total. The van der Waals surface area contributed by atoms with Gasteiger partial charge in [0.1, 0.15) is 0 Å². The molecule has 1 aromatic carbocycles. The lowest BCUT2D eigenvalue weighted by atomic mass is 10.1. The number of nitrogens with one attached hydrogen (secondary N) is 2. The molecule has 2 saturated heterocycles. The summed E-state index contributed by atoms with van der Waals surface area (Å²) in [4.78, 5) is 28.4. The van der Waals surface area contributed by atoms with Gasteiger partial charge in [0.25, 0.3) is 0 Å². The highest BCUT2D eigenvalue weighted by Gasteiger charge is 2.32. The van der Waals surface area contributed by atoms with Crippen LogP contribution in [-0.2, 0) is 9.59 Å². The molecule has 27 heavy (non-hydrogen) atoms. The minimum Gasteiger partial charge on any atom is -0.392 e. The van der Waals surface area contributed by atoms with Crippen LogP contribution >= 0.6 is 36.4 Å². The van der Waals surface area contributed by atoms with Crippen molar-refractivity contribution < 1.29 is 14.7 Å². The van der Waals surface area contributed by atoms with E-state index in [2.05, 4.69) is 10.6 Å². The first-order valence-electron chi connectivity index (χ1n) is 8.50. The van der Waals surface area contributed by atoms with Crippen LogP contribution in [0.25, 0.3) is 0 Å². The molecular weight excluding hydrogens is 415 g/mol. The summed E-state index contributed by atoms with van der Waals surface area (Å²) in [5, 5.41) is 15.9. The van der Waals surface area contributed by atoms with Crippen LogP contribution in [0.2, 0.25) is 5.02 Å². The number of rotatable bonds is 4. The number of aliphatic hydroxyl groups is 1. The van der Waals surface area contributed by atoms with E-state index >= 15 is 0 Å². The zero-order valence-electron chi connectivity index (χ0n) is 14.8. The van der Waals surface area contributed by atoms with Gasteiger partial charge >= 0.3 is 0 Å². The van der Waals surface area contributed by atoms with Crippen LogP contribution in [0.1, 0.15) is 6.42 Å². The Morgan fingerprint density at radius 1 is 1.19 bits per heavy atom. The van der Waals surface area contributed by atoms with Gasteiger partial charge in [0.15, 0.2) is 0 Å². The maximum Gasteiger partial charge on any atom is 0.239 e. The van der Waals surface area contributed by atoms with Gasteiger partial charge in [-0.1, -0.05) is 23.7 Å². The Bertz CT molecular complexity index is 642. The summed E-state index contributed by atoms with van der Waals surface area (Å²) in [6, 6.07) is 6.84. The second kappa shape index (κ2) is 11.0. The molecular formula is C17H25Cl3N4O3. The van der Waals surface area contributed by atoms with Gasteiger partial charge in [-0.15, -0.1) is 24.8 Å². The van der Waals surface area contributed by atoms with Gasteiger partial charge in [-0.3, -0.25) is 14.5 Å². The lowest BCUT2D eigenvalue weighted by Crippen LogP contribution is -2.54. The Kier molecular flexibility index (Phi) is 9.80. The fraction of sp³-hybridized carbons (Fsp3) is 0.529. The molecule has 2 atom stereocenters. The van der Waals surface area contributed by atoms with Crippen LogP contribution < -0.4 is 10.6 Å². The maximum absolute atomic E-state index is 12.4. The Morgan fingerprint density at radius 2 is 1.85 bits per heavy atom. The minimum atomic E-state index is -0.441. The highest BCUT2D eigenvalue weighted by molar-refractivity contribution is 6.33. The molecule has 2 amide bonds. The van der Waals surface area contributed by atoms with E-state index < -0.39 is 6.10 Å². The van der Waals surface area contributed by atoms with Crippen molar-refractivity contribution in [2.24, 2.45) is 0 Å². The van der Waals surface area contributed by atoms with E-state index in [1.165, 1.54) is 0 Å². The molecule has 0 spiro atoms. The van der Waals surface area contributed by atoms with Gasteiger partial charge in [-0.25, -0.2) is 0 Å². The average Bonchev–Trinajstić information content (AvgIpc) is 3.03. The van der Waals surface area contributed by atoms with Gasteiger partial charge < -0.3 is 20.6 Å². The van der Waals surface area contributed by atoms with Crippen molar-refractivity contribution in [1.82, 2.24) is 15.1 Å². The first-order valence-corrected chi connectivity index (χ1v) is 8.87. The molecule has 1 aromatic rings. The van der Waals surface area contributed by atoms with Crippen molar-refractivity contribution in [1.29, 1.82) is 0 Å². The molecule has 10 heteroatoms. The second-order valence-electron chi connectivity index (χ2n) is 6.48. The number of β-amino-alcohol motifs (C(OH)–C–C–N with tert-alkyl or cyclic N) is 1. The average molecular weight is 440 g/mol. The van der Waals surface area contributed by atoms with Crippen LogP contribution in [-0.4, -0.2) is 78.1 Å². The Hall–Kier alpha value is -1.09. The topological polar surface area (TPSA) is 84.9 Å². The standard InChI is InChI=1S/C17H23ClN4O3.2ClH/c18-13-3-1-2-4-14(13)20-16(24)11-21-5-7-22(8-6-21)17(25)15-9-12(23)10-19-15;;/h1-4,12,15,19,23H,5-11H2,(H,20,24);2*1H. The lowest BCUT2D eigenvalue weighted by molar-refractivity contribution is -0.135. The number of benzene rings is 1. The summed E-state index contributed by atoms with van der Waals surface area (Å²) in [5.74, 6) is -0.0785. The predicted octanol–water partition coefficient (Wildman–Crippen LogP) is 0.989. The molecule has 0 bridgehead atoms. The van der Waals surface area contributed by atoms with Crippen LogP contribution in [0, 0.1) is 0 Å². The maximum atomic E-state index is 12.4. The molecule has 2 heterocycles. The fourth-order valence-corrected chi connectivity index (χ4v) is 3.39. The molecule has 2 aliphatic heterocycles. The number of aliphatic hydroxyl groups excluding tert-OH is 1. The molecule has 152 valence electrons. The summed E-state index contributed by atoms with van der Waals surface area (Å²) >= 11 is 6.04. The first kappa shape index (κ1) is 23.9. The smallest absolute Gasteiger partial charge is 0.239 e. The summed E-state index contributed by atoms with van der Waals surface area (Å²) in [6.07, 6.45) is 0.0305. The first-order chi connectivity index (χ1) is 12.0. The van der Waals surface area contributed by atoms with E-state index in [0.29, 0.717) is 49.9 Å². The number of hydrogen-bond donors (Lipinski definition) is 3. The molecule has 2 aliphatic rings. The fourth-order valence-electron chi connectivity index (χ4n) is 3.21. The summed E-state index contributed by atoms with van der Waals surface area (Å²) in [6.45, 7) is 3.22. The zero-order chi connectivity index (χ0) is 17.8. The number of nitrogens with zero attached hydrogens (tertiary/aromatic N) is 2. The SMILES string of the molecule is Cl.Cl.O=C(CN1CCN(C(=O)C2CC(O)CN2)CC1)Nc1ccccc1Cl. The van der Waals surface area contributed by atoms with Gasteiger partial charge in [0.2, 0.25) is 11.8 Å². The molecule has 7 nitrogen and oxygen atoms in total. The van der Waals surface area contributed by atoms with E-state index in [9.17, 15) is 14.7 Å². The lowest BCUT2D eigenvalue weighted by Gasteiger charge is -2.35. The van der Waals surface area contributed by atoms with Crippen LogP contribution in [0.5, 0.6) is 0 Å². The molecule has 0 saturated carbocycles. The molecule has 2 fully saturated rings. The number of piperazine rings is 1. The predicted molar refractivity (Wildman–Crippen MR) is 110 cm³/mol. The van der Waals surface area contributed by atoms with Crippen molar-refractivity contribution in [2.75, 3.05) is 44.6 Å². The van der Waals surface area contributed by atoms with Gasteiger partial charge in [0.05, 0.1) is 29.4 Å². The van der Waals surface area contributed by atoms with Crippen LogP contribution in [0.3, 0.4) is 0 Å². The zero-order valence-corrected chi connectivity index (χ0v) is 17.2. The third-order valence-corrected chi connectivity index (χ3v) is 4.93. The Morgan fingerprint density at radius 3 is 2.44 bits per heavy atom. The number of para-hydroxylation sites is 1. The van der Waals surface area contributed by atoms with Crippen molar-refractivity contribution in [2.45, 2.75) is 18.6 Å². The van der Waals surface area contributed by atoms with Crippen molar-refractivity contribution >= 4 is 53.9 Å². The number of halogens is 3. The quantitative estimate of drug-likeness (QED) is 0.651. The second-order valence-corrected chi connectivity index (χ2v) is 6.89. The number of amides is 2. The van der Waals surface area contributed by atoms with Crippen LogP contribution in [0.15, 0.2) is 24.3 Å².